The minimum atomic E-state index is -4.61. The second-order valence-corrected chi connectivity index (χ2v) is 5.85. The van der Waals surface area contributed by atoms with Crippen LogP contribution in [0.25, 0.3) is 11.3 Å². The Morgan fingerprint density at radius 2 is 1.79 bits per heavy atom. The molecule has 2 aromatic carbocycles. The van der Waals surface area contributed by atoms with Crippen LogP contribution in [-0.2, 0) is 12.7 Å². The van der Waals surface area contributed by atoms with Crippen LogP contribution < -0.4 is 10.1 Å². The topological polar surface area (TPSA) is 64.1 Å². The molecular formula is C20H16F3N3O2. The molecule has 0 fully saturated rings. The number of ether oxygens (including phenoxy) is 1. The lowest BCUT2D eigenvalue weighted by atomic mass is 10.1. The number of carbonyl (C=O) groups excluding carboxylic acids is 1. The number of hydrogen-bond acceptors (Lipinski definition) is 4. The molecule has 0 radical (unpaired) electrons. The molecule has 1 aromatic heterocycles. The number of amides is 1. The SMILES string of the molecule is COc1ccc(-c2cc(CNC(=O)c3ccccc3C(F)(F)F)ncn2)cc1. The maximum Gasteiger partial charge on any atom is 0.417 e. The lowest BCUT2D eigenvalue weighted by Gasteiger charge is -2.12. The van der Waals surface area contributed by atoms with Crippen molar-refractivity contribution < 1.29 is 22.7 Å². The van der Waals surface area contributed by atoms with Crippen molar-refractivity contribution in [3.8, 4) is 17.0 Å². The van der Waals surface area contributed by atoms with Crippen molar-refractivity contribution >= 4 is 5.91 Å². The Balaban J connectivity index is 1.74. The van der Waals surface area contributed by atoms with Crippen LogP contribution in [0.15, 0.2) is 60.9 Å². The summed E-state index contributed by atoms with van der Waals surface area (Å²) in [6.07, 6.45) is -3.27. The summed E-state index contributed by atoms with van der Waals surface area (Å²) in [4.78, 5) is 20.5. The van der Waals surface area contributed by atoms with Crippen molar-refractivity contribution in [2.75, 3.05) is 7.11 Å². The summed E-state index contributed by atoms with van der Waals surface area (Å²) in [5, 5.41) is 2.48. The van der Waals surface area contributed by atoms with E-state index in [0.717, 1.165) is 17.7 Å². The van der Waals surface area contributed by atoms with E-state index in [2.05, 4.69) is 15.3 Å². The standard InChI is InChI=1S/C20H16F3N3O2/c1-28-15-8-6-13(7-9-15)18-10-14(25-12-26-18)11-24-19(27)16-4-2-3-5-17(16)20(21,22)23/h2-10,12H,11H2,1H3,(H,24,27). The quantitative estimate of drug-likeness (QED) is 0.716. The van der Waals surface area contributed by atoms with Crippen molar-refractivity contribution in [3.63, 3.8) is 0 Å². The first kappa shape index (κ1) is 19.3. The smallest absolute Gasteiger partial charge is 0.417 e. The maximum atomic E-state index is 13.1. The largest absolute Gasteiger partial charge is 0.497 e. The molecule has 0 atom stereocenters. The number of halogens is 3. The summed E-state index contributed by atoms with van der Waals surface area (Å²) in [5.74, 6) is -0.119. The molecule has 144 valence electrons. The van der Waals surface area contributed by atoms with Gasteiger partial charge in [-0.1, -0.05) is 12.1 Å². The van der Waals surface area contributed by atoms with E-state index < -0.39 is 23.2 Å². The Morgan fingerprint density at radius 1 is 1.07 bits per heavy atom. The molecule has 0 saturated heterocycles. The second kappa shape index (κ2) is 8.08. The number of carbonyl (C=O) groups is 1. The average Bonchev–Trinajstić information content (AvgIpc) is 2.71. The van der Waals surface area contributed by atoms with Gasteiger partial charge >= 0.3 is 6.18 Å². The van der Waals surface area contributed by atoms with Gasteiger partial charge in [-0.2, -0.15) is 13.2 Å². The molecule has 28 heavy (non-hydrogen) atoms. The highest BCUT2D eigenvalue weighted by Crippen LogP contribution is 2.31. The Bertz CT molecular complexity index is 973. The fraction of sp³-hybridized carbons (Fsp3) is 0.150. The fourth-order valence-corrected chi connectivity index (χ4v) is 2.61. The van der Waals surface area contributed by atoms with Crippen molar-refractivity contribution in [2.24, 2.45) is 0 Å². The average molecular weight is 387 g/mol. The number of alkyl halides is 3. The molecular weight excluding hydrogens is 371 g/mol. The van der Waals surface area contributed by atoms with Gasteiger partial charge < -0.3 is 10.1 Å². The molecule has 5 nitrogen and oxygen atoms in total. The van der Waals surface area contributed by atoms with Crippen LogP contribution in [0.5, 0.6) is 5.75 Å². The molecule has 0 unspecified atom stereocenters. The highest BCUT2D eigenvalue weighted by molar-refractivity contribution is 5.95. The maximum absolute atomic E-state index is 13.1. The zero-order chi connectivity index (χ0) is 20.1. The first-order chi connectivity index (χ1) is 13.4. The number of benzene rings is 2. The molecule has 8 heteroatoms. The Morgan fingerprint density at radius 3 is 2.46 bits per heavy atom. The van der Waals surface area contributed by atoms with Gasteiger partial charge in [0.1, 0.15) is 12.1 Å². The van der Waals surface area contributed by atoms with Crippen LogP contribution in [0.1, 0.15) is 21.6 Å². The number of hydrogen-bond donors (Lipinski definition) is 1. The van der Waals surface area contributed by atoms with Gasteiger partial charge in [-0.15, -0.1) is 0 Å². The van der Waals surface area contributed by atoms with Gasteiger partial charge in [0, 0.05) is 5.56 Å². The molecule has 0 aliphatic heterocycles. The van der Waals surface area contributed by atoms with E-state index in [0.29, 0.717) is 17.1 Å². The van der Waals surface area contributed by atoms with Crippen LogP contribution in [0.2, 0.25) is 0 Å². The molecule has 0 spiro atoms. The molecule has 0 saturated carbocycles. The zero-order valence-corrected chi connectivity index (χ0v) is 14.8. The number of rotatable bonds is 5. The van der Waals surface area contributed by atoms with Crippen LogP contribution >= 0.6 is 0 Å². The minimum absolute atomic E-state index is 0.0311. The van der Waals surface area contributed by atoms with Gasteiger partial charge in [-0.05, 0) is 42.5 Å². The summed E-state index contributed by atoms with van der Waals surface area (Å²) in [6, 6.07) is 13.5. The van der Waals surface area contributed by atoms with E-state index in [4.69, 9.17) is 4.74 Å². The van der Waals surface area contributed by atoms with Gasteiger partial charge in [0.05, 0.1) is 36.2 Å². The normalized spacial score (nSPS) is 11.1. The first-order valence-electron chi connectivity index (χ1n) is 8.28. The first-order valence-corrected chi connectivity index (χ1v) is 8.28. The predicted octanol–water partition coefficient (Wildman–Crippen LogP) is 4.10. The van der Waals surface area contributed by atoms with Crippen LogP contribution in [-0.4, -0.2) is 23.0 Å². The summed E-state index contributed by atoms with van der Waals surface area (Å²) >= 11 is 0. The Kier molecular flexibility index (Phi) is 5.58. The second-order valence-electron chi connectivity index (χ2n) is 5.85. The number of nitrogens with zero attached hydrogens (tertiary/aromatic N) is 2. The van der Waals surface area contributed by atoms with E-state index in [9.17, 15) is 18.0 Å². The van der Waals surface area contributed by atoms with E-state index in [1.165, 1.54) is 18.5 Å². The summed E-state index contributed by atoms with van der Waals surface area (Å²) in [5.41, 5.74) is 0.503. The van der Waals surface area contributed by atoms with Gasteiger partial charge in [0.15, 0.2) is 0 Å². The van der Waals surface area contributed by atoms with Crippen LogP contribution in [0.3, 0.4) is 0 Å². The Hall–Kier alpha value is -3.42. The minimum Gasteiger partial charge on any atom is -0.497 e. The predicted molar refractivity (Wildman–Crippen MR) is 96.6 cm³/mol. The van der Waals surface area contributed by atoms with Gasteiger partial charge in [-0.3, -0.25) is 4.79 Å². The van der Waals surface area contributed by atoms with Crippen molar-refractivity contribution in [1.82, 2.24) is 15.3 Å². The van der Waals surface area contributed by atoms with E-state index >= 15 is 0 Å². The lowest BCUT2D eigenvalue weighted by Crippen LogP contribution is -2.26. The Labute approximate surface area is 159 Å². The van der Waals surface area contributed by atoms with E-state index in [1.54, 1.807) is 25.3 Å². The van der Waals surface area contributed by atoms with Gasteiger partial charge in [0.2, 0.25) is 0 Å². The molecule has 0 aliphatic rings. The zero-order valence-electron chi connectivity index (χ0n) is 14.8. The monoisotopic (exact) mass is 387 g/mol. The van der Waals surface area contributed by atoms with Crippen LogP contribution in [0.4, 0.5) is 13.2 Å². The summed E-state index contributed by atoms with van der Waals surface area (Å²) in [6.45, 7) is -0.0311. The molecule has 0 bridgehead atoms. The number of nitrogens with one attached hydrogen (secondary N) is 1. The third kappa shape index (κ3) is 4.46. The summed E-state index contributed by atoms with van der Waals surface area (Å²) in [7, 11) is 1.57. The molecule has 1 heterocycles. The highest BCUT2D eigenvalue weighted by atomic mass is 19.4. The third-order valence-electron chi connectivity index (χ3n) is 4.02. The van der Waals surface area contributed by atoms with Gasteiger partial charge in [0.25, 0.3) is 5.91 Å². The van der Waals surface area contributed by atoms with Crippen LogP contribution in [0, 0.1) is 0 Å². The summed E-state index contributed by atoms with van der Waals surface area (Å²) < 4.78 is 44.3. The molecule has 1 N–H and O–H groups in total. The number of aromatic nitrogens is 2. The third-order valence-corrected chi connectivity index (χ3v) is 4.02. The molecule has 3 rings (SSSR count). The molecule has 1 amide bonds. The van der Waals surface area contributed by atoms with Gasteiger partial charge in [-0.25, -0.2) is 9.97 Å². The van der Waals surface area contributed by atoms with Crippen molar-refractivity contribution in [2.45, 2.75) is 12.7 Å². The lowest BCUT2D eigenvalue weighted by molar-refractivity contribution is -0.137. The van der Waals surface area contributed by atoms with Crippen molar-refractivity contribution in [3.05, 3.63) is 77.7 Å². The van der Waals surface area contributed by atoms with Crippen molar-refractivity contribution in [1.29, 1.82) is 0 Å². The molecule has 0 aliphatic carbocycles. The highest BCUT2D eigenvalue weighted by Gasteiger charge is 2.34. The van der Waals surface area contributed by atoms with E-state index in [1.807, 2.05) is 12.1 Å². The number of methoxy groups -OCH3 is 1. The van der Waals surface area contributed by atoms with E-state index in [-0.39, 0.29) is 6.54 Å². The molecule has 3 aromatic rings. The fourth-order valence-electron chi connectivity index (χ4n) is 2.61.